The quantitative estimate of drug-likeness (QED) is 0.534. The van der Waals surface area contributed by atoms with Gasteiger partial charge in [-0.05, 0) is 55.5 Å². The molecule has 0 spiro atoms. The van der Waals surface area contributed by atoms with Gasteiger partial charge >= 0.3 is 0 Å². The minimum atomic E-state index is -0.575. The summed E-state index contributed by atoms with van der Waals surface area (Å²) in [6, 6.07) is 18.1. The summed E-state index contributed by atoms with van der Waals surface area (Å²) in [5.74, 6) is 0.0129. The number of ether oxygens (including phenoxy) is 2. The average molecular weight is 438 g/mol. The number of thioether (sulfide) groups is 1. The Labute approximate surface area is 182 Å². The Morgan fingerprint density at radius 1 is 0.935 bits per heavy atom. The van der Waals surface area contributed by atoms with Crippen molar-refractivity contribution in [1.29, 1.82) is 0 Å². The molecule has 1 atom stereocenters. The zero-order valence-electron chi connectivity index (χ0n) is 16.6. The van der Waals surface area contributed by atoms with E-state index in [4.69, 9.17) is 9.47 Å². The summed E-state index contributed by atoms with van der Waals surface area (Å²) >= 11 is 1.38. The summed E-state index contributed by atoms with van der Waals surface area (Å²) in [6.07, 6.45) is 0. The first-order valence-corrected chi connectivity index (χ1v) is 10.4. The van der Waals surface area contributed by atoms with Crippen molar-refractivity contribution in [3.63, 3.8) is 0 Å². The van der Waals surface area contributed by atoms with Crippen LogP contribution >= 0.6 is 11.8 Å². The number of nitrogens with one attached hydrogen (secondary N) is 2. The van der Waals surface area contributed by atoms with E-state index < -0.39 is 11.7 Å². The van der Waals surface area contributed by atoms with Crippen molar-refractivity contribution in [2.45, 2.75) is 17.1 Å². The number of carbonyl (C=O) groups excluding carboxylic acids is 2. The second kappa shape index (κ2) is 9.09. The average Bonchev–Trinajstić information content (AvgIpc) is 3.23. The predicted molar refractivity (Wildman–Crippen MR) is 117 cm³/mol. The van der Waals surface area contributed by atoms with E-state index in [0.29, 0.717) is 22.9 Å². The third-order valence-corrected chi connectivity index (χ3v) is 5.66. The largest absolute Gasteiger partial charge is 0.454 e. The minimum Gasteiger partial charge on any atom is -0.454 e. The topological polar surface area (TPSA) is 76.7 Å². The van der Waals surface area contributed by atoms with Gasteiger partial charge < -0.3 is 20.1 Å². The Bertz CT molecular complexity index is 1120. The number of benzene rings is 3. The second-order valence-corrected chi connectivity index (χ2v) is 8.19. The van der Waals surface area contributed by atoms with E-state index in [-0.39, 0.29) is 23.5 Å². The van der Waals surface area contributed by atoms with Crippen LogP contribution in [0.25, 0.3) is 0 Å². The Morgan fingerprint density at radius 3 is 2.42 bits per heavy atom. The zero-order chi connectivity index (χ0) is 21.8. The normalized spacial score (nSPS) is 12.8. The monoisotopic (exact) mass is 438 g/mol. The van der Waals surface area contributed by atoms with Gasteiger partial charge in [0.15, 0.2) is 11.5 Å². The van der Waals surface area contributed by atoms with Gasteiger partial charge in [-0.2, -0.15) is 0 Å². The molecule has 1 aliphatic rings. The molecule has 0 saturated heterocycles. The van der Waals surface area contributed by atoms with Gasteiger partial charge in [0, 0.05) is 22.3 Å². The third kappa shape index (κ3) is 4.97. The van der Waals surface area contributed by atoms with E-state index in [9.17, 15) is 14.0 Å². The van der Waals surface area contributed by atoms with Crippen LogP contribution in [0, 0.1) is 5.82 Å². The fourth-order valence-electron chi connectivity index (χ4n) is 2.94. The van der Waals surface area contributed by atoms with Crippen LogP contribution in [0.4, 0.5) is 15.8 Å². The fourth-order valence-corrected chi connectivity index (χ4v) is 3.80. The highest BCUT2D eigenvalue weighted by Gasteiger charge is 2.18. The number of amides is 2. The van der Waals surface area contributed by atoms with E-state index in [0.717, 1.165) is 4.90 Å². The molecular weight excluding hydrogens is 419 g/mol. The molecule has 3 aromatic carbocycles. The number of halogens is 1. The maximum Gasteiger partial charge on any atom is 0.258 e. The molecule has 0 bridgehead atoms. The maximum atomic E-state index is 13.7. The molecule has 2 N–H and O–H groups in total. The predicted octanol–water partition coefficient (Wildman–Crippen LogP) is 4.93. The van der Waals surface area contributed by atoms with Crippen molar-refractivity contribution >= 4 is 35.0 Å². The minimum absolute atomic E-state index is 0.0187. The molecule has 0 saturated carbocycles. The van der Waals surface area contributed by atoms with Gasteiger partial charge in [-0.15, -0.1) is 11.8 Å². The van der Waals surface area contributed by atoms with Gasteiger partial charge in [0.2, 0.25) is 12.7 Å². The molecule has 2 amide bonds. The smallest absolute Gasteiger partial charge is 0.258 e. The zero-order valence-corrected chi connectivity index (χ0v) is 17.4. The van der Waals surface area contributed by atoms with Crippen LogP contribution in [-0.4, -0.2) is 23.9 Å². The molecule has 1 unspecified atom stereocenters. The first-order valence-electron chi connectivity index (χ1n) is 9.53. The maximum absolute atomic E-state index is 13.7. The van der Waals surface area contributed by atoms with Gasteiger partial charge in [0.05, 0.1) is 10.8 Å². The van der Waals surface area contributed by atoms with Gasteiger partial charge in [-0.25, -0.2) is 4.39 Å². The van der Waals surface area contributed by atoms with Crippen LogP contribution in [0.5, 0.6) is 11.5 Å². The lowest BCUT2D eigenvalue weighted by molar-refractivity contribution is -0.115. The molecule has 31 heavy (non-hydrogen) atoms. The van der Waals surface area contributed by atoms with Crippen molar-refractivity contribution < 1.29 is 23.5 Å². The molecule has 0 radical (unpaired) electrons. The highest BCUT2D eigenvalue weighted by molar-refractivity contribution is 8.00. The number of hydrogen-bond acceptors (Lipinski definition) is 5. The molecule has 158 valence electrons. The van der Waals surface area contributed by atoms with Crippen molar-refractivity contribution in [3.05, 3.63) is 78.1 Å². The van der Waals surface area contributed by atoms with Crippen LogP contribution in [-0.2, 0) is 4.79 Å². The fraction of sp³-hybridized carbons (Fsp3) is 0.130. The second-order valence-electron chi connectivity index (χ2n) is 6.78. The first kappa shape index (κ1) is 20.7. The lowest BCUT2D eigenvalue weighted by atomic mass is 10.2. The van der Waals surface area contributed by atoms with Crippen molar-refractivity contribution in [3.8, 4) is 11.5 Å². The Balaban J connectivity index is 1.33. The third-order valence-electron chi connectivity index (χ3n) is 4.55. The van der Waals surface area contributed by atoms with Gasteiger partial charge in [0.25, 0.3) is 5.91 Å². The Kier molecular flexibility index (Phi) is 6.08. The first-order chi connectivity index (χ1) is 15.0. The van der Waals surface area contributed by atoms with E-state index >= 15 is 0 Å². The van der Waals surface area contributed by atoms with E-state index in [1.165, 1.54) is 30.0 Å². The van der Waals surface area contributed by atoms with E-state index in [1.807, 2.05) is 0 Å². The van der Waals surface area contributed by atoms with Gasteiger partial charge in [-0.3, -0.25) is 9.59 Å². The van der Waals surface area contributed by atoms with Crippen molar-refractivity contribution in [1.82, 2.24) is 0 Å². The van der Waals surface area contributed by atoms with Crippen LogP contribution in [0.2, 0.25) is 0 Å². The standard InChI is InChI=1S/C23H19FN2O4S/c1-14(22(27)26-16-8-11-20-21(12-16)30-13-29-20)31-17-9-6-15(7-10-17)25-23(28)18-4-2-3-5-19(18)24/h2-12,14H,13H2,1H3,(H,25,28)(H,26,27). The van der Waals surface area contributed by atoms with Gasteiger partial charge in [0.1, 0.15) is 5.82 Å². The number of carbonyl (C=O) groups is 2. The summed E-state index contributed by atoms with van der Waals surface area (Å²) in [5, 5.41) is 5.17. The van der Waals surface area contributed by atoms with Crippen molar-refractivity contribution in [2.75, 3.05) is 17.4 Å². The highest BCUT2D eigenvalue weighted by atomic mass is 32.2. The summed E-state index contributed by atoms with van der Waals surface area (Å²) in [5.41, 5.74) is 1.15. The number of anilines is 2. The van der Waals surface area contributed by atoms with E-state index in [2.05, 4.69) is 10.6 Å². The summed E-state index contributed by atoms with van der Waals surface area (Å²) in [6.45, 7) is 1.98. The van der Waals surface area contributed by atoms with Crippen LogP contribution in [0.15, 0.2) is 71.6 Å². The molecule has 1 aliphatic heterocycles. The van der Waals surface area contributed by atoms with E-state index in [1.54, 1.807) is 55.5 Å². The van der Waals surface area contributed by atoms with Gasteiger partial charge in [-0.1, -0.05) is 12.1 Å². The lowest BCUT2D eigenvalue weighted by Crippen LogP contribution is -2.22. The number of rotatable bonds is 6. The summed E-state index contributed by atoms with van der Waals surface area (Å²) in [7, 11) is 0. The van der Waals surface area contributed by atoms with Crippen molar-refractivity contribution in [2.24, 2.45) is 0 Å². The summed E-state index contributed by atoms with van der Waals surface area (Å²) < 4.78 is 24.3. The molecular formula is C23H19FN2O4S. The van der Waals surface area contributed by atoms with Crippen LogP contribution in [0.3, 0.4) is 0 Å². The van der Waals surface area contributed by atoms with Crippen LogP contribution < -0.4 is 20.1 Å². The molecule has 0 aliphatic carbocycles. The molecule has 1 heterocycles. The molecule has 4 rings (SSSR count). The number of hydrogen-bond donors (Lipinski definition) is 2. The Hall–Kier alpha value is -3.52. The molecule has 6 nitrogen and oxygen atoms in total. The number of fused-ring (bicyclic) bond motifs is 1. The lowest BCUT2D eigenvalue weighted by Gasteiger charge is -2.13. The molecule has 3 aromatic rings. The highest BCUT2D eigenvalue weighted by Crippen LogP contribution is 2.34. The molecule has 0 fully saturated rings. The Morgan fingerprint density at radius 2 is 1.65 bits per heavy atom. The summed E-state index contributed by atoms with van der Waals surface area (Å²) in [4.78, 5) is 25.6. The molecule has 0 aromatic heterocycles. The molecule has 8 heteroatoms. The SMILES string of the molecule is CC(Sc1ccc(NC(=O)c2ccccc2F)cc1)C(=O)Nc1ccc2c(c1)OCO2. The van der Waals surface area contributed by atoms with Crippen LogP contribution in [0.1, 0.15) is 17.3 Å².